The maximum absolute atomic E-state index is 4.87. The normalized spacial score (nSPS) is 13.2. The number of hydrogen-bond donors (Lipinski definition) is 0. The molecule has 0 aliphatic carbocycles. The Bertz CT molecular complexity index is 2610. The van der Waals surface area contributed by atoms with Gasteiger partial charge in [0, 0.05) is 34.3 Å². The van der Waals surface area contributed by atoms with Crippen LogP contribution >= 0.6 is 0 Å². The van der Waals surface area contributed by atoms with Gasteiger partial charge in [0.1, 0.15) is 0 Å². The summed E-state index contributed by atoms with van der Waals surface area (Å²) in [5.74, 6) is 0. The molecule has 51 heavy (non-hydrogen) atoms. The van der Waals surface area contributed by atoms with Crippen molar-refractivity contribution in [3.63, 3.8) is 0 Å². The lowest BCUT2D eigenvalue weighted by Crippen LogP contribution is -2.77. The molecule has 0 fully saturated rings. The first-order chi connectivity index (χ1) is 25.3. The van der Waals surface area contributed by atoms with Crippen molar-refractivity contribution in [1.29, 1.82) is 0 Å². The SMILES string of the molecule is c1ccc(-n2c3ccc(-c4cccc(N5c6ccccc6[Si](c6ccccc6)(c6ccccc6)c6ccccc65)c4)cc3c3ncccc32)cc1. The van der Waals surface area contributed by atoms with Crippen molar-refractivity contribution in [2.75, 3.05) is 4.90 Å². The van der Waals surface area contributed by atoms with Crippen molar-refractivity contribution in [2.24, 2.45) is 0 Å². The van der Waals surface area contributed by atoms with Crippen LogP contribution in [0.15, 0.2) is 200 Å². The Kier molecular flexibility index (Phi) is 6.83. The molecular weight excluding hydrogens is 635 g/mol. The number of rotatable bonds is 5. The summed E-state index contributed by atoms with van der Waals surface area (Å²) >= 11 is 0. The zero-order valence-electron chi connectivity index (χ0n) is 27.9. The lowest BCUT2D eigenvalue weighted by molar-refractivity contribution is 1.18. The first kappa shape index (κ1) is 29.4. The van der Waals surface area contributed by atoms with Crippen molar-refractivity contribution in [1.82, 2.24) is 9.55 Å². The minimum atomic E-state index is -2.66. The van der Waals surface area contributed by atoms with Crippen LogP contribution in [0.4, 0.5) is 17.1 Å². The minimum Gasteiger partial charge on any atom is -0.311 e. The van der Waals surface area contributed by atoms with E-state index in [2.05, 4.69) is 198 Å². The predicted octanol–water partition coefficient (Wildman–Crippen LogP) is 9.01. The number of benzene rings is 7. The van der Waals surface area contributed by atoms with Gasteiger partial charge in [-0.2, -0.15) is 0 Å². The van der Waals surface area contributed by atoms with E-state index in [1.807, 2.05) is 12.3 Å². The fraction of sp³-hybridized carbons (Fsp3) is 0. The van der Waals surface area contributed by atoms with Gasteiger partial charge in [0.05, 0.1) is 16.6 Å². The molecule has 0 bridgehead atoms. The molecule has 0 atom stereocenters. The van der Waals surface area contributed by atoms with Gasteiger partial charge in [-0.3, -0.25) is 4.98 Å². The van der Waals surface area contributed by atoms with Crippen molar-refractivity contribution in [3.05, 3.63) is 200 Å². The second kappa shape index (κ2) is 11.8. The highest BCUT2D eigenvalue weighted by atomic mass is 28.3. The minimum absolute atomic E-state index is 1.01. The Morgan fingerprint density at radius 3 is 1.65 bits per heavy atom. The number of anilines is 3. The second-order valence-electron chi connectivity index (χ2n) is 13.2. The highest BCUT2D eigenvalue weighted by Gasteiger charge is 2.48. The topological polar surface area (TPSA) is 21.1 Å². The zero-order chi connectivity index (χ0) is 33.8. The second-order valence-corrected chi connectivity index (χ2v) is 16.9. The van der Waals surface area contributed by atoms with Crippen molar-refractivity contribution >= 4 is 67.8 Å². The fourth-order valence-corrected chi connectivity index (χ4v) is 13.5. The maximum Gasteiger partial charge on any atom is 0.184 e. The molecule has 10 rings (SSSR count). The third kappa shape index (κ3) is 4.47. The van der Waals surface area contributed by atoms with Gasteiger partial charge in [0.25, 0.3) is 0 Å². The number of pyridine rings is 1. The van der Waals surface area contributed by atoms with E-state index in [0.717, 1.165) is 38.9 Å². The molecule has 0 radical (unpaired) electrons. The Labute approximate surface area is 298 Å². The van der Waals surface area contributed by atoms with Crippen LogP contribution in [0.2, 0.25) is 0 Å². The quantitative estimate of drug-likeness (QED) is 0.171. The molecule has 9 aromatic rings. The average Bonchev–Trinajstić information content (AvgIpc) is 3.55. The highest BCUT2D eigenvalue weighted by molar-refractivity contribution is 7.21. The van der Waals surface area contributed by atoms with Gasteiger partial charge in [-0.25, -0.2) is 0 Å². The van der Waals surface area contributed by atoms with Gasteiger partial charge < -0.3 is 9.47 Å². The lowest BCUT2D eigenvalue weighted by Gasteiger charge is -2.45. The van der Waals surface area contributed by atoms with E-state index >= 15 is 0 Å². The molecule has 240 valence electrons. The summed E-state index contributed by atoms with van der Waals surface area (Å²) in [6.45, 7) is 0. The standard InChI is InChI=1S/C47H33N3Si/c1-4-17-36(18-5-1)49-41-30-29-35(33-40(41)47-44(49)26-15-31-48-47)34-16-14-19-37(32-34)50-42-24-10-12-27-45(42)51(38-20-6-2-7-21-38,39-22-8-3-9-23-39)46-28-13-11-25-43(46)50/h1-33H. The molecule has 0 saturated carbocycles. The molecule has 0 saturated heterocycles. The summed E-state index contributed by atoms with van der Waals surface area (Å²) in [7, 11) is -2.66. The van der Waals surface area contributed by atoms with Gasteiger partial charge in [0.2, 0.25) is 0 Å². The number of para-hydroxylation sites is 3. The van der Waals surface area contributed by atoms with E-state index < -0.39 is 8.07 Å². The van der Waals surface area contributed by atoms with Gasteiger partial charge in [-0.05, 0) is 92.5 Å². The molecule has 0 amide bonds. The monoisotopic (exact) mass is 667 g/mol. The Balaban J connectivity index is 1.17. The van der Waals surface area contributed by atoms with Crippen molar-refractivity contribution in [2.45, 2.75) is 0 Å². The predicted molar refractivity (Wildman–Crippen MR) is 216 cm³/mol. The summed E-state index contributed by atoms with van der Waals surface area (Å²) in [6.07, 6.45) is 1.89. The summed E-state index contributed by atoms with van der Waals surface area (Å²) in [4.78, 5) is 7.35. The molecule has 0 spiro atoms. The number of aromatic nitrogens is 2. The summed E-state index contributed by atoms with van der Waals surface area (Å²) in [6, 6.07) is 71.1. The molecule has 3 nitrogen and oxygen atoms in total. The van der Waals surface area contributed by atoms with Crippen LogP contribution in [-0.2, 0) is 0 Å². The number of nitrogens with zero attached hydrogens (tertiary/aromatic N) is 3. The Morgan fingerprint density at radius 1 is 0.412 bits per heavy atom. The Hall–Kier alpha value is -6.49. The molecule has 0 unspecified atom stereocenters. The molecule has 4 heteroatoms. The fourth-order valence-electron chi connectivity index (χ4n) is 8.38. The van der Waals surface area contributed by atoms with Crippen LogP contribution in [0.3, 0.4) is 0 Å². The largest absolute Gasteiger partial charge is 0.311 e. The lowest BCUT2D eigenvalue weighted by atomic mass is 10.0. The van der Waals surface area contributed by atoms with Gasteiger partial charge >= 0.3 is 0 Å². The molecule has 1 aliphatic rings. The highest BCUT2D eigenvalue weighted by Crippen LogP contribution is 2.40. The molecule has 7 aromatic carbocycles. The summed E-state index contributed by atoms with van der Waals surface area (Å²) in [5, 5.41) is 6.72. The molecule has 2 aromatic heterocycles. The molecule has 3 heterocycles. The van der Waals surface area contributed by atoms with Crippen LogP contribution in [-0.4, -0.2) is 17.6 Å². The van der Waals surface area contributed by atoms with E-state index in [1.54, 1.807) is 0 Å². The van der Waals surface area contributed by atoms with E-state index in [0.29, 0.717) is 0 Å². The molecule has 0 N–H and O–H groups in total. The van der Waals surface area contributed by atoms with Crippen LogP contribution in [0.1, 0.15) is 0 Å². The Morgan fingerprint density at radius 2 is 0.980 bits per heavy atom. The van der Waals surface area contributed by atoms with Crippen LogP contribution in [0.25, 0.3) is 38.8 Å². The molecule has 1 aliphatic heterocycles. The maximum atomic E-state index is 4.87. The van der Waals surface area contributed by atoms with Gasteiger partial charge in [0.15, 0.2) is 8.07 Å². The van der Waals surface area contributed by atoms with E-state index in [4.69, 9.17) is 4.98 Å². The average molecular weight is 668 g/mol. The number of hydrogen-bond acceptors (Lipinski definition) is 2. The van der Waals surface area contributed by atoms with Gasteiger partial charge in [-0.15, -0.1) is 0 Å². The van der Waals surface area contributed by atoms with Crippen LogP contribution in [0.5, 0.6) is 0 Å². The van der Waals surface area contributed by atoms with E-state index in [1.165, 1.54) is 37.7 Å². The summed E-state index contributed by atoms with van der Waals surface area (Å²) in [5.41, 5.74) is 10.3. The van der Waals surface area contributed by atoms with Gasteiger partial charge in [-0.1, -0.05) is 133 Å². The first-order valence-corrected chi connectivity index (χ1v) is 19.5. The van der Waals surface area contributed by atoms with Crippen LogP contribution < -0.4 is 25.6 Å². The number of fused-ring (bicyclic) bond motifs is 5. The summed E-state index contributed by atoms with van der Waals surface area (Å²) < 4.78 is 2.31. The zero-order valence-corrected chi connectivity index (χ0v) is 28.9. The van der Waals surface area contributed by atoms with E-state index in [9.17, 15) is 0 Å². The van der Waals surface area contributed by atoms with Crippen molar-refractivity contribution in [3.8, 4) is 16.8 Å². The third-order valence-corrected chi connectivity index (χ3v) is 15.3. The molecular formula is C47H33N3Si. The van der Waals surface area contributed by atoms with E-state index in [-0.39, 0.29) is 0 Å². The smallest absolute Gasteiger partial charge is 0.184 e. The first-order valence-electron chi connectivity index (χ1n) is 17.5. The third-order valence-electron chi connectivity index (χ3n) is 10.5. The van der Waals surface area contributed by atoms with Crippen molar-refractivity contribution < 1.29 is 0 Å². The van der Waals surface area contributed by atoms with Crippen LogP contribution in [0, 0.1) is 0 Å².